The predicted molar refractivity (Wildman–Crippen MR) is 63.5 cm³/mol. The SMILES string of the molecule is CC(CC(C)(NC1CC1)C(N)=O)OC1COC1. The van der Waals surface area contributed by atoms with Crippen molar-refractivity contribution in [1.82, 2.24) is 5.32 Å². The number of amides is 1. The van der Waals surface area contributed by atoms with Crippen molar-refractivity contribution in [3.63, 3.8) is 0 Å². The van der Waals surface area contributed by atoms with Gasteiger partial charge in [-0.25, -0.2) is 0 Å². The lowest BCUT2D eigenvalue weighted by molar-refractivity contribution is -0.157. The van der Waals surface area contributed by atoms with Gasteiger partial charge in [-0.15, -0.1) is 0 Å². The van der Waals surface area contributed by atoms with Crippen LogP contribution >= 0.6 is 0 Å². The third-order valence-electron chi connectivity index (χ3n) is 3.37. The molecule has 1 saturated carbocycles. The lowest BCUT2D eigenvalue weighted by atomic mass is 9.93. The number of primary amides is 1. The maximum atomic E-state index is 11.6. The fourth-order valence-corrected chi connectivity index (χ4v) is 2.15. The molecule has 17 heavy (non-hydrogen) atoms. The van der Waals surface area contributed by atoms with Crippen molar-refractivity contribution < 1.29 is 14.3 Å². The minimum atomic E-state index is -0.662. The van der Waals surface area contributed by atoms with Crippen LogP contribution in [-0.4, -0.2) is 42.9 Å². The molecule has 1 aliphatic heterocycles. The summed E-state index contributed by atoms with van der Waals surface area (Å²) in [6.45, 7) is 5.17. The van der Waals surface area contributed by atoms with E-state index in [1.165, 1.54) is 0 Å². The van der Waals surface area contributed by atoms with Gasteiger partial charge in [0.1, 0.15) is 6.10 Å². The summed E-state index contributed by atoms with van der Waals surface area (Å²) in [6, 6.07) is 0.451. The highest BCUT2D eigenvalue weighted by Crippen LogP contribution is 2.25. The standard InChI is InChI=1S/C12H22N2O3/c1-8(17-10-6-16-7-10)5-12(2,11(13)15)14-9-3-4-9/h8-10,14H,3-7H2,1-2H3,(H2,13,15). The minimum Gasteiger partial charge on any atom is -0.376 e. The van der Waals surface area contributed by atoms with Crippen molar-refractivity contribution >= 4 is 5.91 Å². The van der Waals surface area contributed by atoms with E-state index in [1.54, 1.807) is 0 Å². The highest BCUT2D eigenvalue weighted by Gasteiger charge is 2.38. The Morgan fingerprint density at radius 2 is 2.24 bits per heavy atom. The van der Waals surface area contributed by atoms with Gasteiger partial charge in [-0.2, -0.15) is 0 Å². The van der Waals surface area contributed by atoms with E-state index in [-0.39, 0.29) is 18.1 Å². The molecule has 0 bridgehead atoms. The highest BCUT2D eigenvalue weighted by atomic mass is 16.6. The van der Waals surface area contributed by atoms with Crippen LogP contribution in [-0.2, 0) is 14.3 Å². The van der Waals surface area contributed by atoms with Gasteiger partial charge in [-0.05, 0) is 26.7 Å². The first kappa shape index (κ1) is 12.8. The number of nitrogens with one attached hydrogen (secondary N) is 1. The summed E-state index contributed by atoms with van der Waals surface area (Å²) >= 11 is 0. The zero-order valence-electron chi connectivity index (χ0n) is 10.6. The number of hydrogen-bond acceptors (Lipinski definition) is 4. The number of rotatable bonds is 7. The molecular weight excluding hydrogens is 220 g/mol. The van der Waals surface area contributed by atoms with Gasteiger partial charge in [-0.3, -0.25) is 4.79 Å². The number of carbonyl (C=O) groups excluding carboxylic acids is 1. The van der Waals surface area contributed by atoms with Crippen LogP contribution in [0.1, 0.15) is 33.1 Å². The van der Waals surface area contributed by atoms with Crippen molar-refractivity contribution in [2.75, 3.05) is 13.2 Å². The van der Waals surface area contributed by atoms with Gasteiger partial charge in [0.05, 0.1) is 24.9 Å². The topological polar surface area (TPSA) is 73.6 Å². The second-order valence-electron chi connectivity index (χ2n) is 5.43. The van der Waals surface area contributed by atoms with Gasteiger partial charge in [0.2, 0.25) is 5.91 Å². The molecule has 1 aliphatic carbocycles. The third kappa shape index (κ3) is 3.40. The van der Waals surface area contributed by atoms with Crippen molar-refractivity contribution in [2.45, 2.75) is 56.9 Å². The van der Waals surface area contributed by atoms with Crippen molar-refractivity contribution in [1.29, 1.82) is 0 Å². The van der Waals surface area contributed by atoms with Crippen LogP contribution in [0.4, 0.5) is 0 Å². The second kappa shape index (κ2) is 4.92. The lowest BCUT2D eigenvalue weighted by Gasteiger charge is -2.34. The molecule has 98 valence electrons. The van der Waals surface area contributed by atoms with Gasteiger partial charge < -0.3 is 20.5 Å². The van der Waals surface area contributed by atoms with E-state index in [4.69, 9.17) is 15.2 Å². The molecule has 2 atom stereocenters. The molecule has 5 nitrogen and oxygen atoms in total. The zero-order valence-corrected chi connectivity index (χ0v) is 10.6. The Bertz CT molecular complexity index is 289. The van der Waals surface area contributed by atoms with Gasteiger partial charge in [0.25, 0.3) is 0 Å². The first-order valence-electron chi connectivity index (χ1n) is 6.30. The summed E-state index contributed by atoms with van der Waals surface area (Å²) in [6.07, 6.45) is 3.06. The van der Waals surface area contributed by atoms with Crippen molar-refractivity contribution in [3.05, 3.63) is 0 Å². The Morgan fingerprint density at radius 3 is 2.65 bits per heavy atom. The smallest absolute Gasteiger partial charge is 0.237 e. The normalized spacial score (nSPS) is 26.0. The fourth-order valence-electron chi connectivity index (χ4n) is 2.15. The Morgan fingerprint density at radius 1 is 1.59 bits per heavy atom. The number of hydrogen-bond donors (Lipinski definition) is 2. The molecule has 2 rings (SSSR count). The van der Waals surface area contributed by atoms with Gasteiger partial charge >= 0.3 is 0 Å². The summed E-state index contributed by atoms with van der Waals surface area (Å²) < 4.78 is 10.8. The Labute approximate surface area is 102 Å². The maximum Gasteiger partial charge on any atom is 0.237 e. The molecule has 0 radical (unpaired) electrons. The van der Waals surface area contributed by atoms with Crippen LogP contribution in [0.2, 0.25) is 0 Å². The lowest BCUT2D eigenvalue weighted by Crippen LogP contribution is -2.56. The highest BCUT2D eigenvalue weighted by molar-refractivity contribution is 5.84. The van der Waals surface area contributed by atoms with Crippen LogP contribution in [0, 0.1) is 0 Å². The molecule has 5 heteroatoms. The van der Waals surface area contributed by atoms with E-state index in [1.807, 2.05) is 13.8 Å². The summed E-state index contributed by atoms with van der Waals surface area (Å²) in [4.78, 5) is 11.6. The Balaban J connectivity index is 1.83. The molecular formula is C12H22N2O3. The van der Waals surface area contributed by atoms with E-state index >= 15 is 0 Å². The average Bonchev–Trinajstić information content (AvgIpc) is 2.94. The van der Waals surface area contributed by atoms with E-state index in [2.05, 4.69) is 5.32 Å². The van der Waals surface area contributed by atoms with Crippen molar-refractivity contribution in [3.8, 4) is 0 Å². The predicted octanol–water partition coefficient (Wildman–Crippen LogP) is 0.176. The number of carbonyl (C=O) groups is 1. The van der Waals surface area contributed by atoms with Crippen LogP contribution in [0.5, 0.6) is 0 Å². The first-order valence-corrected chi connectivity index (χ1v) is 6.30. The molecule has 3 N–H and O–H groups in total. The first-order chi connectivity index (χ1) is 7.99. The zero-order chi connectivity index (χ0) is 12.5. The minimum absolute atomic E-state index is 0.00708. The van der Waals surface area contributed by atoms with E-state index in [9.17, 15) is 4.79 Å². The summed E-state index contributed by atoms with van der Waals surface area (Å²) in [7, 11) is 0. The molecule has 1 heterocycles. The molecule has 0 aromatic rings. The quantitative estimate of drug-likeness (QED) is 0.668. The van der Waals surface area contributed by atoms with Gasteiger partial charge in [-0.1, -0.05) is 0 Å². The molecule has 1 amide bonds. The summed E-state index contributed by atoms with van der Waals surface area (Å²) in [5, 5.41) is 3.32. The third-order valence-corrected chi connectivity index (χ3v) is 3.37. The van der Waals surface area contributed by atoms with E-state index < -0.39 is 5.54 Å². The number of ether oxygens (including phenoxy) is 2. The van der Waals surface area contributed by atoms with Crippen LogP contribution < -0.4 is 11.1 Å². The van der Waals surface area contributed by atoms with Crippen molar-refractivity contribution in [2.24, 2.45) is 5.73 Å². The van der Waals surface area contributed by atoms with Crippen LogP contribution in [0.3, 0.4) is 0 Å². The molecule has 0 aromatic carbocycles. The molecule has 0 spiro atoms. The van der Waals surface area contributed by atoms with Gasteiger partial charge in [0.15, 0.2) is 0 Å². The van der Waals surface area contributed by atoms with Gasteiger partial charge in [0, 0.05) is 12.5 Å². The largest absolute Gasteiger partial charge is 0.376 e. The molecule has 2 fully saturated rings. The molecule has 0 aromatic heterocycles. The van der Waals surface area contributed by atoms with Crippen LogP contribution in [0.25, 0.3) is 0 Å². The number of nitrogens with two attached hydrogens (primary N) is 1. The summed E-state index contributed by atoms with van der Waals surface area (Å²) in [5.41, 5.74) is 4.83. The second-order valence-corrected chi connectivity index (χ2v) is 5.43. The Kier molecular flexibility index (Phi) is 3.70. The monoisotopic (exact) mass is 242 g/mol. The fraction of sp³-hybridized carbons (Fsp3) is 0.917. The molecule has 1 saturated heterocycles. The Hall–Kier alpha value is -0.650. The van der Waals surface area contributed by atoms with Crippen LogP contribution in [0.15, 0.2) is 0 Å². The van der Waals surface area contributed by atoms with E-state index in [0.29, 0.717) is 25.7 Å². The molecule has 2 unspecified atom stereocenters. The van der Waals surface area contributed by atoms with E-state index in [0.717, 1.165) is 12.8 Å². The average molecular weight is 242 g/mol. The summed E-state index contributed by atoms with van der Waals surface area (Å²) in [5.74, 6) is -0.301. The maximum absolute atomic E-state index is 11.6. The molecule has 2 aliphatic rings.